The number of allylic oxidation sites excluding steroid dienone is 11. The minimum Gasteiger partial charge on any atom is -0.386 e. The Hall–Kier alpha value is -2.69. The van der Waals surface area contributed by atoms with Crippen molar-refractivity contribution in [2.45, 2.75) is 64.7 Å². The van der Waals surface area contributed by atoms with Crippen molar-refractivity contribution in [1.29, 1.82) is 0 Å². The van der Waals surface area contributed by atoms with Gasteiger partial charge in [0.05, 0.1) is 0 Å². The van der Waals surface area contributed by atoms with E-state index in [1.807, 2.05) is 38.2 Å². The molecule has 0 spiro atoms. The van der Waals surface area contributed by atoms with Crippen LogP contribution in [0.15, 0.2) is 96.2 Å². The topological polar surface area (TPSA) is 69.6 Å². The molecule has 0 saturated heterocycles. The quantitative estimate of drug-likeness (QED) is 0.556. The summed E-state index contributed by atoms with van der Waals surface area (Å²) in [4.78, 5) is 12.3. The van der Waals surface area contributed by atoms with Gasteiger partial charge in [0.1, 0.15) is 12.2 Å². The lowest BCUT2D eigenvalue weighted by Gasteiger charge is -2.14. The Bertz CT molecular complexity index is 778. The van der Waals surface area contributed by atoms with Gasteiger partial charge in [0, 0.05) is 12.1 Å². The minimum absolute atomic E-state index is 0.0292. The first-order chi connectivity index (χ1) is 14.9. The first-order valence-corrected chi connectivity index (χ1v) is 11.0. The third-order valence-electron chi connectivity index (χ3n) is 4.58. The Kier molecular flexibility index (Phi) is 13.6. The van der Waals surface area contributed by atoms with E-state index < -0.39 is 12.2 Å². The van der Waals surface area contributed by atoms with E-state index in [9.17, 15) is 15.0 Å². The summed E-state index contributed by atoms with van der Waals surface area (Å²) in [6.45, 7) is 5.96. The van der Waals surface area contributed by atoms with Gasteiger partial charge in [0.2, 0.25) is 5.91 Å². The number of carbonyl (C=O) groups excluding carboxylic acids is 1. The van der Waals surface area contributed by atoms with E-state index in [0.717, 1.165) is 36.8 Å². The molecule has 0 unspecified atom stereocenters. The van der Waals surface area contributed by atoms with Gasteiger partial charge in [-0.1, -0.05) is 103 Å². The lowest BCUT2D eigenvalue weighted by Crippen LogP contribution is -2.32. The fraction of sp³-hybridized carbons (Fsp3) is 0.370. The van der Waals surface area contributed by atoms with Gasteiger partial charge < -0.3 is 15.5 Å². The fourth-order valence-electron chi connectivity index (χ4n) is 2.80. The van der Waals surface area contributed by atoms with Gasteiger partial charge in [-0.3, -0.25) is 4.79 Å². The van der Waals surface area contributed by atoms with E-state index in [1.54, 1.807) is 36.5 Å². The van der Waals surface area contributed by atoms with E-state index in [-0.39, 0.29) is 11.9 Å². The summed E-state index contributed by atoms with van der Waals surface area (Å²) in [6, 6.07) is 0.0292. The van der Waals surface area contributed by atoms with Crippen molar-refractivity contribution in [1.82, 2.24) is 5.32 Å². The zero-order valence-corrected chi connectivity index (χ0v) is 18.9. The molecular weight excluding hydrogens is 386 g/mol. The Labute approximate surface area is 187 Å². The number of aliphatic hydroxyl groups is 2. The summed E-state index contributed by atoms with van der Waals surface area (Å²) in [5.41, 5.74) is 1.84. The Morgan fingerprint density at radius 3 is 2.45 bits per heavy atom. The van der Waals surface area contributed by atoms with E-state index in [1.165, 1.54) is 6.08 Å². The second kappa shape index (κ2) is 16.1. The number of rotatable bonds is 4. The zero-order chi connectivity index (χ0) is 22.9. The van der Waals surface area contributed by atoms with Crippen molar-refractivity contribution in [3.8, 4) is 0 Å². The zero-order valence-electron chi connectivity index (χ0n) is 18.9. The molecule has 1 rings (SSSR count). The molecule has 168 valence electrons. The van der Waals surface area contributed by atoms with E-state index in [4.69, 9.17) is 0 Å². The van der Waals surface area contributed by atoms with Crippen LogP contribution in [0.25, 0.3) is 0 Å². The fourth-order valence-corrected chi connectivity index (χ4v) is 2.80. The molecule has 31 heavy (non-hydrogen) atoms. The maximum Gasteiger partial charge on any atom is 0.244 e. The van der Waals surface area contributed by atoms with Crippen LogP contribution in [0.3, 0.4) is 0 Å². The molecule has 4 heteroatoms. The molecule has 1 heterocycles. The van der Waals surface area contributed by atoms with Crippen molar-refractivity contribution >= 4 is 5.91 Å². The van der Waals surface area contributed by atoms with E-state index >= 15 is 0 Å². The van der Waals surface area contributed by atoms with E-state index in [2.05, 4.69) is 30.5 Å². The van der Waals surface area contributed by atoms with Crippen LogP contribution in [0.1, 0.15) is 46.5 Å². The Balaban J connectivity index is 3.01. The van der Waals surface area contributed by atoms with Gasteiger partial charge in [0.25, 0.3) is 0 Å². The molecule has 0 aromatic carbocycles. The van der Waals surface area contributed by atoms with Crippen molar-refractivity contribution in [2.75, 3.05) is 0 Å². The first-order valence-electron chi connectivity index (χ1n) is 11.0. The number of unbranched alkanes of at least 4 members (excludes halogenated alkanes) is 1. The van der Waals surface area contributed by atoms with Crippen LogP contribution in [-0.2, 0) is 4.79 Å². The Morgan fingerprint density at radius 1 is 0.968 bits per heavy atom. The number of hydrogen-bond acceptors (Lipinski definition) is 3. The monoisotopic (exact) mass is 423 g/mol. The van der Waals surface area contributed by atoms with Gasteiger partial charge >= 0.3 is 0 Å². The third-order valence-corrected chi connectivity index (χ3v) is 4.58. The second-order valence-electron chi connectivity index (χ2n) is 7.63. The summed E-state index contributed by atoms with van der Waals surface area (Å²) in [7, 11) is 0. The summed E-state index contributed by atoms with van der Waals surface area (Å²) in [6.07, 6.45) is 27.3. The average molecular weight is 424 g/mol. The number of carbonyl (C=O) groups is 1. The molecule has 3 N–H and O–H groups in total. The summed E-state index contributed by atoms with van der Waals surface area (Å²) < 4.78 is 0. The van der Waals surface area contributed by atoms with Crippen molar-refractivity contribution in [2.24, 2.45) is 0 Å². The molecular formula is C27H37NO3. The normalized spacial score (nSPS) is 32.7. The van der Waals surface area contributed by atoms with Crippen molar-refractivity contribution < 1.29 is 15.0 Å². The van der Waals surface area contributed by atoms with Crippen LogP contribution in [0.2, 0.25) is 0 Å². The molecule has 1 amide bonds. The standard InChI is InChI=1S/C27H37NO3/c1-4-5-6-7-17-24-18-11-8-14-22(2)15-9-12-19-25(29)26(30)21-23(3)16-10-13-20-27(31)28-24/h6-16,19-21,24-26,29-30H,4-5,17-18H2,1-3H3,(H,28,31)/b7-6+,11-8-,15-9+,16-10+,19-12-,20-13+,22-14+,23-21-/t24-,25-,26-/m1/s1. The van der Waals surface area contributed by atoms with Gasteiger partial charge in [-0.05, 0) is 33.1 Å². The highest BCUT2D eigenvalue weighted by Gasteiger charge is 2.09. The minimum atomic E-state index is -1.01. The lowest BCUT2D eigenvalue weighted by molar-refractivity contribution is -0.117. The number of hydrogen-bond donors (Lipinski definition) is 3. The maximum absolute atomic E-state index is 12.3. The molecule has 0 fully saturated rings. The Morgan fingerprint density at radius 2 is 1.68 bits per heavy atom. The molecule has 4 nitrogen and oxygen atoms in total. The lowest BCUT2D eigenvalue weighted by atomic mass is 10.1. The van der Waals surface area contributed by atoms with Crippen LogP contribution in [0.5, 0.6) is 0 Å². The largest absolute Gasteiger partial charge is 0.386 e. The molecule has 1 aliphatic heterocycles. The first kappa shape index (κ1) is 26.3. The van der Waals surface area contributed by atoms with Gasteiger partial charge in [-0.25, -0.2) is 0 Å². The molecule has 3 atom stereocenters. The molecule has 0 saturated carbocycles. The van der Waals surface area contributed by atoms with Crippen molar-refractivity contribution in [3.05, 3.63) is 96.2 Å². The molecule has 0 bridgehead atoms. The highest BCUT2D eigenvalue weighted by molar-refractivity contribution is 5.88. The van der Waals surface area contributed by atoms with Crippen LogP contribution in [0, 0.1) is 0 Å². The smallest absolute Gasteiger partial charge is 0.244 e. The summed E-state index contributed by atoms with van der Waals surface area (Å²) in [5, 5.41) is 23.2. The molecule has 0 radical (unpaired) electrons. The highest BCUT2D eigenvalue weighted by atomic mass is 16.3. The average Bonchev–Trinajstić information content (AvgIpc) is 2.73. The van der Waals surface area contributed by atoms with E-state index in [0.29, 0.717) is 0 Å². The molecule has 1 aliphatic rings. The van der Waals surface area contributed by atoms with Crippen LogP contribution in [-0.4, -0.2) is 34.4 Å². The predicted molar refractivity (Wildman–Crippen MR) is 130 cm³/mol. The SMILES string of the molecule is CCC/C=C/C[C@@H]1C\C=C/C=C(C)/C=C/C=C\[C@@H](O)[C@H](O)\C=C(C)/C=C/C=C/C(=O)N1. The number of aliphatic hydroxyl groups excluding tert-OH is 2. The number of amides is 1. The molecule has 0 aromatic heterocycles. The van der Waals surface area contributed by atoms with Gasteiger partial charge in [-0.15, -0.1) is 0 Å². The maximum atomic E-state index is 12.3. The third kappa shape index (κ3) is 13.3. The molecule has 0 aromatic rings. The highest BCUT2D eigenvalue weighted by Crippen LogP contribution is 2.06. The van der Waals surface area contributed by atoms with Gasteiger partial charge in [0.15, 0.2) is 0 Å². The predicted octanol–water partition coefficient (Wildman–Crippen LogP) is 5.02. The van der Waals surface area contributed by atoms with Crippen LogP contribution in [0.4, 0.5) is 0 Å². The van der Waals surface area contributed by atoms with Crippen molar-refractivity contribution in [3.63, 3.8) is 0 Å². The van der Waals surface area contributed by atoms with Crippen LogP contribution < -0.4 is 5.32 Å². The number of nitrogens with one attached hydrogen (secondary N) is 1. The summed E-state index contributed by atoms with van der Waals surface area (Å²) in [5.74, 6) is -0.141. The summed E-state index contributed by atoms with van der Waals surface area (Å²) >= 11 is 0. The molecule has 0 aliphatic carbocycles. The second-order valence-corrected chi connectivity index (χ2v) is 7.63. The van der Waals surface area contributed by atoms with Gasteiger partial charge in [-0.2, -0.15) is 0 Å². The van der Waals surface area contributed by atoms with Crippen LogP contribution >= 0.6 is 0 Å².